The summed E-state index contributed by atoms with van der Waals surface area (Å²) in [5, 5.41) is 0.628. The number of nitrogens with zero attached hydrogens (tertiary/aromatic N) is 1. The fourth-order valence-corrected chi connectivity index (χ4v) is 3.42. The third-order valence-corrected chi connectivity index (χ3v) is 5.18. The average molecular weight is 432 g/mol. The summed E-state index contributed by atoms with van der Waals surface area (Å²) >= 11 is 5.84. The Kier molecular flexibility index (Phi) is 5.96. The molecular formula is C25H18ClNO4. The number of hydrogen-bond donors (Lipinski definition) is 0. The van der Waals surface area contributed by atoms with E-state index >= 15 is 0 Å². The zero-order chi connectivity index (χ0) is 21.8. The van der Waals surface area contributed by atoms with Gasteiger partial charge >= 0.3 is 5.97 Å². The molecule has 1 heterocycles. The standard InChI is InChI=1S/C25H18ClNO4/c26-19-10-5-17(6-11-19)9-14-23(28)31-20-12-7-18(8-13-20)15-16-27-24(29)21-3-1-2-4-22(21)25(27)30/h1-14H,15-16H2/b14-9+. The molecule has 0 spiro atoms. The van der Waals surface area contributed by atoms with E-state index < -0.39 is 5.97 Å². The van der Waals surface area contributed by atoms with E-state index in [-0.39, 0.29) is 18.4 Å². The number of rotatable bonds is 6. The van der Waals surface area contributed by atoms with Gasteiger partial charge in [-0.25, -0.2) is 4.79 Å². The molecule has 0 aromatic heterocycles. The average Bonchev–Trinajstić information content (AvgIpc) is 3.03. The summed E-state index contributed by atoms with van der Waals surface area (Å²) < 4.78 is 5.30. The van der Waals surface area contributed by atoms with E-state index in [0.29, 0.717) is 28.3 Å². The van der Waals surface area contributed by atoms with E-state index in [1.54, 1.807) is 66.7 Å². The zero-order valence-corrected chi connectivity index (χ0v) is 17.2. The predicted molar refractivity (Wildman–Crippen MR) is 118 cm³/mol. The van der Waals surface area contributed by atoms with Crippen molar-refractivity contribution >= 4 is 35.5 Å². The molecule has 31 heavy (non-hydrogen) atoms. The molecule has 154 valence electrons. The van der Waals surface area contributed by atoms with Gasteiger partial charge in [0.05, 0.1) is 11.1 Å². The van der Waals surface area contributed by atoms with Gasteiger partial charge in [-0.05, 0) is 60.0 Å². The van der Waals surface area contributed by atoms with Crippen molar-refractivity contribution in [1.29, 1.82) is 0 Å². The lowest BCUT2D eigenvalue weighted by Gasteiger charge is -2.13. The minimum absolute atomic E-state index is 0.265. The van der Waals surface area contributed by atoms with Gasteiger partial charge in [-0.2, -0.15) is 0 Å². The van der Waals surface area contributed by atoms with E-state index in [1.807, 2.05) is 12.1 Å². The molecular weight excluding hydrogens is 414 g/mol. The molecule has 0 fully saturated rings. The number of benzene rings is 3. The number of halogens is 1. The fourth-order valence-electron chi connectivity index (χ4n) is 3.30. The molecule has 0 radical (unpaired) electrons. The second kappa shape index (κ2) is 8.98. The molecule has 0 unspecified atom stereocenters. The fraction of sp³-hybridized carbons (Fsp3) is 0.0800. The maximum Gasteiger partial charge on any atom is 0.336 e. The summed E-state index contributed by atoms with van der Waals surface area (Å²) in [7, 11) is 0. The first-order valence-electron chi connectivity index (χ1n) is 9.71. The molecule has 4 rings (SSSR count). The van der Waals surface area contributed by atoms with Crippen LogP contribution in [0.15, 0.2) is 78.9 Å². The Bertz CT molecular complexity index is 1130. The van der Waals surface area contributed by atoms with Gasteiger partial charge < -0.3 is 4.74 Å². The number of esters is 1. The van der Waals surface area contributed by atoms with Crippen molar-refractivity contribution in [2.24, 2.45) is 0 Å². The summed E-state index contributed by atoms with van der Waals surface area (Å²) in [5.41, 5.74) is 2.65. The summed E-state index contributed by atoms with van der Waals surface area (Å²) in [4.78, 5) is 38.1. The van der Waals surface area contributed by atoms with Crippen molar-refractivity contribution < 1.29 is 19.1 Å². The lowest BCUT2D eigenvalue weighted by atomic mass is 10.1. The Morgan fingerprint density at radius 1 is 0.871 bits per heavy atom. The summed E-state index contributed by atoms with van der Waals surface area (Å²) in [6.07, 6.45) is 3.50. The lowest BCUT2D eigenvalue weighted by molar-refractivity contribution is -0.128. The van der Waals surface area contributed by atoms with Gasteiger partial charge in [-0.3, -0.25) is 14.5 Å². The van der Waals surface area contributed by atoms with Crippen molar-refractivity contribution in [2.45, 2.75) is 6.42 Å². The molecule has 0 N–H and O–H groups in total. The highest BCUT2D eigenvalue weighted by Crippen LogP contribution is 2.23. The molecule has 3 aromatic carbocycles. The van der Waals surface area contributed by atoms with Gasteiger partial charge in [0.2, 0.25) is 0 Å². The number of hydrogen-bond acceptors (Lipinski definition) is 4. The Balaban J connectivity index is 1.31. The monoisotopic (exact) mass is 431 g/mol. The first-order valence-corrected chi connectivity index (χ1v) is 10.1. The van der Waals surface area contributed by atoms with E-state index in [4.69, 9.17) is 16.3 Å². The van der Waals surface area contributed by atoms with Crippen molar-refractivity contribution in [3.05, 3.63) is 106 Å². The Morgan fingerprint density at radius 2 is 1.48 bits per heavy atom. The SMILES string of the molecule is O=C(/C=C/c1ccc(Cl)cc1)Oc1ccc(CCN2C(=O)c3ccccc3C2=O)cc1. The summed E-state index contributed by atoms with van der Waals surface area (Å²) in [6, 6.07) is 20.9. The van der Waals surface area contributed by atoms with Crippen LogP contribution in [0, 0.1) is 0 Å². The number of amides is 2. The van der Waals surface area contributed by atoms with Crippen LogP contribution in [0.25, 0.3) is 6.08 Å². The molecule has 1 aliphatic heterocycles. The second-order valence-corrected chi connectivity index (χ2v) is 7.44. The van der Waals surface area contributed by atoms with Crippen molar-refractivity contribution in [2.75, 3.05) is 6.54 Å². The van der Waals surface area contributed by atoms with Crippen molar-refractivity contribution in [3.63, 3.8) is 0 Å². The first kappa shape index (κ1) is 20.6. The quantitative estimate of drug-likeness (QED) is 0.243. The minimum Gasteiger partial charge on any atom is -0.423 e. The highest BCUT2D eigenvalue weighted by molar-refractivity contribution is 6.30. The zero-order valence-electron chi connectivity index (χ0n) is 16.5. The van der Waals surface area contributed by atoms with Crippen LogP contribution >= 0.6 is 11.6 Å². The van der Waals surface area contributed by atoms with Gasteiger partial charge in [-0.1, -0.05) is 48.0 Å². The third kappa shape index (κ3) is 4.73. The third-order valence-electron chi connectivity index (χ3n) is 4.93. The van der Waals surface area contributed by atoms with E-state index in [9.17, 15) is 14.4 Å². The summed E-state index contributed by atoms with van der Waals surface area (Å²) in [6.45, 7) is 0.287. The molecule has 5 nitrogen and oxygen atoms in total. The smallest absolute Gasteiger partial charge is 0.336 e. The van der Waals surface area contributed by atoms with E-state index in [2.05, 4.69) is 0 Å². The highest BCUT2D eigenvalue weighted by Gasteiger charge is 2.34. The van der Waals surface area contributed by atoms with E-state index in [1.165, 1.54) is 11.0 Å². The molecule has 1 aliphatic rings. The minimum atomic E-state index is -0.492. The van der Waals surface area contributed by atoms with Crippen LogP contribution in [-0.4, -0.2) is 29.2 Å². The molecule has 0 atom stereocenters. The number of fused-ring (bicyclic) bond motifs is 1. The maximum absolute atomic E-state index is 12.4. The molecule has 3 aromatic rings. The Morgan fingerprint density at radius 3 is 2.10 bits per heavy atom. The van der Waals surface area contributed by atoms with Crippen molar-refractivity contribution in [3.8, 4) is 5.75 Å². The van der Waals surface area contributed by atoms with Gasteiger partial charge in [0.15, 0.2) is 0 Å². The largest absolute Gasteiger partial charge is 0.423 e. The number of carbonyl (C=O) groups is 3. The van der Waals surface area contributed by atoms with Gasteiger partial charge in [-0.15, -0.1) is 0 Å². The molecule has 0 bridgehead atoms. The van der Waals surface area contributed by atoms with E-state index in [0.717, 1.165) is 11.1 Å². The van der Waals surface area contributed by atoms with Crippen LogP contribution in [0.4, 0.5) is 0 Å². The van der Waals surface area contributed by atoms with Gasteiger partial charge in [0.25, 0.3) is 11.8 Å². The second-order valence-electron chi connectivity index (χ2n) is 7.01. The molecule has 0 saturated carbocycles. The maximum atomic E-state index is 12.4. The van der Waals surface area contributed by atoms with Gasteiger partial charge in [0, 0.05) is 17.6 Å². The normalized spacial score (nSPS) is 13.0. The highest BCUT2D eigenvalue weighted by atomic mass is 35.5. The van der Waals surface area contributed by atoms with Crippen LogP contribution in [0.2, 0.25) is 5.02 Å². The molecule has 0 saturated heterocycles. The number of carbonyl (C=O) groups excluding carboxylic acids is 3. The molecule has 0 aliphatic carbocycles. The first-order chi connectivity index (χ1) is 15.0. The molecule has 2 amide bonds. The predicted octanol–water partition coefficient (Wildman–Crippen LogP) is 4.80. The van der Waals surface area contributed by atoms with Crippen LogP contribution in [-0.2, 0) is 11.2 Å². The summed E-state index contributed by atoms with van der Waals surface area (Å²) in [5.74, 6) is -0.610. The Hall–Kier alpha value is -3.70. The van der Waals surface area contributed by atoms with Crippen LogP contribution in [0.3, 0.4) is 0 Å². The lowest BCUT2D eigenvalue weighted by Crippen LogP contribution is -2.31. The van der Waals surface area contributed by atoms with Crippen molar-refractivity contribution in [1.82, 2.24) is 4.90 Å². The number of imide groups is 1. The van der Waals surface area contributed by atoms with Gasteiger partial charge in [0.1, 0.15) is 5.75 Å². The van der Waals surface area contributed by atoms with Crippen LogP contribution < -0.4 is 4.74 Å². The van der Waals surface area contributed by atoms with Crippen LogP contribution in [0.1, 0.15) is 31.8 Å². The molecule has 6 heteroatoms. The number of ether oxygens (including phenoxy) is 1. The Labute approximate surface area is 184 Å². The topological polar surface area (TPSA) is 63.7 Å². The van der Waals surface area contributed by atoms with Crippen LogP contribution in [0.5, 0.6) is 5.75 Å².